The molecule has 0 aromatic heterocycles. The van der Waals surface area contributed by atoms with E-state index in [1.165, 1.54) is 0 Å². The molecule has 112 valence electrons. The van der Waals surface area contributed by atoms with E-state index in [0.29, 0.717) is 5.75 Å². The third kappa shape index (κ3) is 4.89. The number of anilines is 1. The fourth-order valence-corrected chi connectivity index (χ4v) is 3.12. The van der Waals surface area contributed by atoms with E-state index < -0.39 is 10.8 Å². The Balaban J connectivity index is 0.00000200. The summed E-state index contributed by atoms with van der Waals surface area (Å²) >= 11 is 0. The molecule has 2 rings (SSSR count). The van der Waals surface area contributed by atoms with Crippen molar-refractivity contribution in [2.24, 2.45) is 11.7 Å². The molecule has 0 spiro atoms. The van der Waals surface area contributed by atoms with Crippen molar-refractivity contribution in [2.75, 3.05) is 11.6 Å². The largest absolute Gasteiger partial charge is 0.328 e. The summed E-state index contributed by atoms with van der Waals surface area (Å²) in [5.74, 6) is 0.583. The van der Waals surface area contributed by atoms with Crippen LogP contribution >= 0.6 is 12.4 Å². The van der Waals surface area contributed by atoms with Crippen LogP contribution in [0.1, 0.15) is 24.8 Å². The summed E-state index contributed by atoms with van der Waals surface area (Å²) in [4.78, 5) is 12.1. The van der Waals surface area contributed by atoms with Gasteiger partial charge in [-0.15, -0.1) is 12.4 Å². The number of carbonyl (C=O) groups excluding carboxylic acids is 1. The van der Waals surface area contributed by atoms with E-state index in [2.05, 4.69) is 5.32 Å². The smallest absolute Gasteiger partial charge is 0.227 e. The number of halogens is 1. The van der Waals surface area contributed by atoms with Gasteiger partial charge in [-0.2, -0.15) is 0 Å². The maximum absolute atomic E-state index is 12.1. The third-order valence-corrected chi connectivity index (χ3v) is 4.15. The van der Waals surface area contributed by atoms with Crippen molar-refractivity contribution in [3.63, 3.8) is 0 Å². The second-order valence-corrected chi connectivity index (χ2v) is 6.61. The Morgan fingerprint density at radius 1 is 1.45 bits per heavy atom. The molecule has 1 aliphatic rings. The van der Waals surface area contributed by atoms with E-state index >= 15 is 0 Å². The topological polar surface area (TPSA) is 72.2 Å². The summed E-state index contributed by atoms with van der Waals surface area (Å²) in [5.41, 5.74) is 7.57. The molecule has 0 saturated heterocycles. The van der Waals surface area contributed by atoms with Crippen molar-refractivity contribution in [3.8, 4) is 0 Å². The summed E-state index contributed by atoms with van der Waals surface area (Å²) in [7, 11) is -0.873. The van der Waals surface area contributed by atoms with Gasteiger partial charge in [-0.1, -0.05) is 12.1 Å². The molecule has 1 amide bonds. The summed E-state index contributed by atoms with van der Waals surface area (Å²) in [6.45, 7) is 0. The van der Waals surface area contributed by atoms with Gasteiger partial charge in [0.1, 0.15) is 0 Å². The number of rotatable bonds is 4. The number of benzene rings is 1. The average Bonchev–Trinajstić information content (AvgIpc) is 2.75. The van der Waals surface area contributed by atoms with E-state index in [0.717, 1.165) is 30.5 Å². The second kappa shape index (κ2) is 7.76. The van der Waals surface area contributed by atoms with Gasteiger partial charge in [0, 0.05) is 40.5 Å². The van der Waals surface area contributed by atoms with Crippen molar-refractivity contribution in [1.82, 2.24) is 0 Å². The second-order valence-electron chi connectivity index (χ2n) is 5.18. The van der Waals surface area contributed by atoms with E-state index in [9.17, 15) is 9.00 Å². The Labute approximate surface area is 128 Å². The van der Waals surface area contributed by atoms with Gasteiger partial charge < -0.3 is 11.1 Å². The summed E-state index contributed by atoms with van der Waals surface area (Å²) < 4.78 is 11.2. The van der Waals surface area contributed by atoms with Crippen LogP contribution < -0.4 is 11.1 Å². The highest BCUT2D eigenvalue weighted by atomic mass is 35.5. The minimum atomic E-state index is -0.873. The minimum Gasteiger partial charge on any atom is -0.328 e. The average molecular weight is 317 g/mol. The Hall–Kier alpha value is -0.910. The Kier molecular flexibility index (Phi) is 6.65. The van der Waals surface area contributed by atoms with Crippen LogP contribution in [-0.4, -0.2) is 22.4 Å². The highest BCUT2D eigenvalue weighted by molar-refractivity contribution is 7.83. The minimum absolute atomic E-state index is 0. The van der Waals surface area contributed by atoms with E-state index in [4.69, 9.17) is 5.73 Å². The predicted molar refractivity (Wildman–Crippen MR) is 85.4 cm³/mol. The number of nitrogens with one attached hydrogen (secondary N) is 1. The number of carbonyl (C=O) groups is 1. The summed E-state index contributed by atoms with van der Waals surface area (Å²) in [6.07, 6.45) is 4.23. The molecule has 0 heterocycles. The van der Waals surface area contributed by atoms with Crippen LogP contribution in [0.15, 0.2) is 24.3 Å². The molecule has 0 aliphatic heterocycles. The van der Waals surface area contributed by atoms with E-state index in [1.807, 2.05) is 24.3 Å². The van der Waals surface area contributed by atoms with Gasteiger partial charge in [-0.3, -0.25) is 9.00 Å². The van der Waals surface area contributed by atoms with Gasteiger partial charge in [-0.25, -0.2) is 0 Å². The Morgan fingerprint density at radius 2 is 2.20 bits per heavy atom. The number of amides is 1. The monoisotopic (exact) mass is 316 g/mol. The fourth-order valence-electron chi connectivity index (χ4n) is 2.47. The normalized spacial score (nSPS) is 22.9. The first kappa shape index (κ1) is 17.1. The van der Waals surface area contributed by atoms with Gasteiger partial charge in [-0.05, 0) is 37.0 Å². The molecule has 1 aromatic rings. The molecule has 3 unspecified atom stereocenters. The fraction of sp³-hybridized carbons (Fsp3) is 0.500. The lowest BCUT2D eigenvalue weighted by Gasteiger charge is -2.11. The zero-order chi connectivity index (χ0) is 13.8. The standard InChI is InChI=1S/C14H20N2O2S.ClH/c1-19(18)9-10-3-2-4-13(7-10)16-14(17)11-5-6-12(15)8-11;/h2-4,7,11-12H,5-6,8-9,15H2,1H3,(H,16,17);1H. The highest BCUT2D eigenvalue weighted by Crippen LogP contribution is 2.25. The highest BCUT2D eigenvalue weighted by Gasteiger charge is 2.27. The zero-order valence-corrected chi connectivity index (χ0v) is 13.1. The van der Waals surface area contributed by atoms with Gasteiger partial charge in [0.05, 0.1) is 0 Å². The molecule has 20 heavy (non-hydrogen) atoms. The lowest BCUT2D eigenvalue weighted by atomic mass is 10.1. The van der Waals surface area contributed by atoms with E-state index in [-0.39, 0.29) is 30.3 Å². The number of hydrogen-bond donors (Lipinski definition) is 2. The van der Waals surface area contributed by atoms with Crippen molar-refractivity contribution < 1.29 is 9.00 Å². The van der Waals surface area contributed by atoms with Crippen LogP contribution in [0.4, 0.5) is 5.69 Å². The van der Waals surface area contributed by atoms with Crippen LogP contribution in [-0.2, 0) is 21.3 Å². The van der Waals surface area contributed by atoms with Gasteiger partial charge >= 0.3 is 0 Å². The molecule has 3 N–H and O–H groups in total. The first-order valence-electron chi connectivity index (χ1n) is 6.50. The van der Waals surface area contributed by atoms with Crippen molar-refractivity contribution in [2.45, 2.75) is 31.1 Å². The first-order chi connectivity index (χ1) is 9.04. The number of hydrogen-bond acceptors (Lipinski definition) is 3. The molecule has 1 saturated carbocycles. The number of nitrogens with two attached hydrogens (primary N) is 1. The van der Waals surface area contributed by atoms with Gasteiger partial charge in [0.25, 0.3) is 0 Å². The molecular weight excluding hydrogens is 296 g/mol. The van der Waals surface area contributed by atoms with Crippen molar-refractivity contribution in [3.05, 3.63) is 29.8 Å². The molecular formula is C14H21ClN2O2S. The Bertz CT molecular complexity index is 496. The van der Waals surface area contributed by atoms with Gasteiger partial charge in [0.2, 0.25) is 5.91 Å². The molecule has 1 fully saturated rings. The maximum Gasteiger partial charge on any atom is 0.227 e. The summed E-state index contributed by atoms with van der Waals surface area (Å²) in [6, 6.07) is 7.69. The third-order valence-electron chi connectivity index (χ3n) is 3.41. The predicted octanol–water partition coefficient (Wildman–Crippen LogP) is 2.05. The van der Waals surface area contributed by atoms with Crippen LogP contribution in [0, 0.1) is 5.92 Å². The summed E-state index contributed by atoms with van der Waals surface area (Å²) in [5, 5.41) is 2.92. The molecule has 3 atom stereocenters. The molecule has 4 nitrogen and oxygen atoms in total. The molecule has 0 bridgehead atoms. The van der Waals surface area contributed by atoms with Gasteiger partial charge in [0.15, 0.2) is 0 Å². The SMILES string of the molecule is CS(=O)Cc1cccc(NC(=O)C2CCC(N)C2)c1.Cl. The van der Waals surface area contributed by atoms with Crippen LogP contribution in [0.5, 0.6) is 0 Å². The van der Waals surface area contributed by atoms with Crippen LogP contribution in [0.2, 0.25) is 0 Å². The van der Waals surface area contributed by atoms with Crippen LogP contribution in [0.3, 0.4) is 0 Å². The maximum atomic E-state index is 12.1. The molecule has 6 heteroatoms. The van der Waals surface area contributed by atoms with Crippen molar-refractivity contribution in [1.29, 1.82) is 0 Å². The first-order valence-corrected chi connectivity index (χ1v) is 8.22. The molecule has 1 aromatic carbocycles. The molecule has 0 radical (unpaired) electrons. The molecule has 1 aliphatic carbocycles. The van der Waals surface area contributed by atoms with E-state index in [1.54, 1.807) is 6.26 Å². The lowest BCUT2D eigenvalue weighted by Crippen LogP contribution is -2.23. The lowest BCUT2D eigenvalue weighted by molar-refractivity contribution is -0.119. The van der Waals surface area contributed by atoms with Crippen LogP contribution in [0.25, 0.3) is 0 Å². The Morgan fingerprint density at radius 3 is 2.80 bits per heavy atom. The zero-order valence-electron chi connectivity index (χ0n) is 11.5. The quantitative estimate of drug-likeness (QED) is 0.893. The van der Waals surface area contributed by atoms with Crippen molar-refractivity contribution >= 4 is 34.8 Å².